The standard InChI is InChI=1S/C14H15ClFN3O2/c1-8(2)14-18-12(21-19-14)7-6-11(20)17-10-5-3-4-9(15)13(10)16/h3-5,8H,6-7H2,1-2H3,(H,17,20). The predicted molar refractivity (Wildman–Crippen MR) is 76.7 cm³/mol. The number of halogens is 2. The summed E-state index contributed by atoms with van der Waals surface area (Å²) in [5, 5.41) is 6.23. The van der Waals surface area contributed by atoms with E-state index in [0.717, 1.165) is 0 Å². The number of rotatable bonds is 5. The highest BCUT2D eigenvalue weighted by Crippen LogP contribution is 2.22. The molecule has 0 aliphatic rings. The number of aromatic nitrogens is 2. The lowest BCUT2D eigenvalue weighted by Crippen LogP contribution is -2.13. The zero-order chi connectivity index (χ0) is 15.4. The highest BCUT2D eigenvalue weighted by Gasteiger charge is 2.13. The Hall–Kier alpha value is -1.95. The molecule has 0 atom stereocenters. The predicted octanol–water partition coefficient (Wildman–Crippen LogP) is 3.56. The van der Waals surface area contributed by atoms with Crippen molar-refractivity contribution in [3.63, 3.8) is 0 Å². The topological polar surface area (TPSA) is 68.0 Å². The number of nitrogens with one attached hydrogen (secondary N) is 1. The van der Waals surface area contributed by atoms with Crippen molar-refractivity contribution in [1.82, 2.24) is 10.1 Å². The summed E-state index contributed by atoms with van der Waals surface area (Å²) in [5.74, 6) is 0.163. The highest BCUT2D eigenvalue weighted by atomic mass is 35.5. The maximum atomic E-state index is 13.6. The van der Waals surface area contributed by atoms with Gasteiger partial charge in [0, 0.05) is 18.8 Å². The van der Waals surface area contributed by atoms with E-state index < -0.39 is 5.82 Å². The Morgan fingerprint density at radius 3 is 2.90 bits per heavy atom. The average molecular weight is 312 g/mol. The SMILES string of the molecule is CC(C)c1noc(CCC(=O)Nc2cccc(Cl)c2F)n1. The fraction of sp³-hybridized carbons (Fsp3) is 0.357. The summed E-state index contributed by atoms with van der Waals surface area (Å²) in [7, 11) is 0. The van der Waals surface area contributed by atoms with Gasteiger partial charge in [0.25, 0.3) is 0 Å². The van der Waals surface area contributed by atoms with Gasteiger partial charge in [-0.2, -0.15) is 4.98 Å². The Kier molecular flexibility index (Phi) is 4.90. The minimum Gasteiger partial charge on any atom is -0.339 e. The van der Waals surface area contributed by atoms with Crippen molar-refractivity contribution in [1.29, 1.82) is 0 Å². The van der Waals surface area contributed by atoms with E-state index >= 15 is 0 Å². The van der Waals surface area contributed by atoms with Crippen LogP contribution in [0.5, 0.6) is 0 Å². The van der Waals surface area contributed by atoms with Gasteiger partial charge in [0.1, 0.15) is 0 Å². The summed E-state index contributed by atoms with van der Waals surface area (Å²) in [4.78, 5) is 15.9. The van der Waals surface area contributed by atoms with Crippen LogP contribution >= 0.6 is 11.6 Å². The number of aryl methyl sites for hydroxylation is 1. The Bertz CT molecular complexity index is 643. The van der Waals surface area contributed by atoms with Crippen LogP contribution in [0.15, 0.2) is 22.7 Å². The van der Waals surface area contributed by atoms with Crippen molar-refractivity contribution >= 4 is 23.2 Å². The fourth-order valence-corrected chi connectivity index (χ4v) is 1.81. The molecule has 1 amide bonds. The molecule has 112 valence electrons. The first-order chi connectivity index (χ1) is 9.97. The van der Waals surface area contributed by atoms with Crippen LogP contribution in [0.4, 0.5) is 10.1 Å². The summed E-state index contributed by atoms with van der Waals surface area (Å²) in [6.45, 7) is 3.90. The first-order valence-electron chi connectivity index (χ1n) is 6.53. The molecule has 0 aliphatic heterocycles. The Labute approximate surface area is 126 Å². The van der Waals surface area contributed by atoms with Gasteiger partial charge in [0.05, 0.1) is 10.7 Å². The van der Waals surface area contributed by atoms with E-state index in [1.807, 2.05) is 13.8 Å². The molecule has 1 aromatic heterocycles. The molecule has 0 unspecified atom stereocenters. The fourth-order valence-electron chi connectivity index (χ4n) is 1.64. The van der Waals surface area contributed by atoms with Gasteiger partial charge in [0.15, 0.2) is 11.6 Å². The van der Waals surface area contributed by atoms with Crippen LogP contribution in [-0.2, 0) is 11.2 Å². The molecule has 0 bridgehead atoms. The molecule has 2 aromatic rings. The maximum absolute atomic E-state index is 13.6. The van der Waals surface area contributed by atoms with E-state index in [1.54, 1.807) is 6.07 Å². The van der Waals surface area contributed by atoms with E-state index in [9.17, 15) is 9.18 Å². The molecule has 1 N–H and O–H groups in total. The van der Waals surface area contributed by atoms with Gasteiger partial charge in [-0.1, -0.05) is 36.7 Å². The number of nitrogens with zero attached hydrogens (tertiary/aromatic N) is 2. The van der Waals surface area contributed by atoms with Gasteiger partial charge in [-0.25, -0.2) is 4.39 Å². The second-order valence-electron chi connectivity index (χ2n) is 4.85. The van der Waals surface area contributed by atoms with Crippen LogP contribution in [0.2, 0.25) is 5.02 Å². The number of benzene rings is 1. The lowest BCUT2D eigenvalue weighted by Gasteiger charge is -2.06. The van der Waals surface area contributed by atoms with Gasteiger partial charge in [-0.15, -0.1) is 0 Å². The van der Waals surface area contributed by atoms with Crippen LogP contribution in [0.25, 0.3) is 0 Å². The molecule has 1 aromatic carbocycles. The molecule has 2 rings (SSSR count). The zero-order valence-electron chi connectivity index (χ0n) is 11.7. The Morgan fingerprint density at radius 2 is 2.24 bits per heavy atom. The second kappa shape index (κ2) is 6.67. The second-order valence-corrected chi connectivity index (χ2v) is 5.26. The third-order valence-corrected chi connectivity index (χ3v) is 3.08. The number of hydrogen-bond acceptors (Lipinski definition) is 4. The van der Waals surface area contributed by atoms with Crippen molar-refractivity contribution in [2.45, 2.75) is 32.6 Å². The lowest BCUT2D eigenvalue weighted by atomic mass is 10.2. The normalized spacial score (nSPS) is 10.9. The van der Waals surface area contributed by atoms with Crippen LogP contribution in [-0.4, -0.2) is 16.0 Å². The molecule has 0 radical (unpaired) electrons. The van der Waals surface area contributed by atoms with Crippen LogP contribution in [0, 0.1) is 5.82 Å². The van der Waals surface area contributed by atoms with E-state index in [1.165, 1.54) is 12.1 Å². The first-order valence-corrected chi connectivity index (χ1v) is 6.91. The number of anilines is 1. The summed E-state index contributed by atoms with van der Waals surface area (Å²) in [6.07, 6.45) is 0.416. The third kappa shape index (κ3) is 4.01. The molecule has 5 nitrogen and oxygen atoms in total. The van der Waals surface area contributed by atoms with Crippen LogP contribution < -0.4 is 5.32 Å². The van der Waals surface area contributed by atoms with Gasteiger partial charge in [-0.05, 0) is 12.1 Å². The molecular formula is C14H15ClFN3O2. The summed E-state index contributed by atoms with van der Waals surface area (Å²) >= 11 is 5.64. The third-order valence-electron chi connectivity index (χ3n) is 2.79. The van der Waals surface area contributed by atoms with Gasteiger partial charge < -0.3 is 9.84 Å². The van der Waals surface area contributed by atoms with Crippen molar-refractivity contribution in [2.75, 3.05) is 5.32 Å². The Balaban J connectivity index is 1.91. The van der Waals surface area contributed by atoms with E-state index in [0.29, 0.717) is 18.1 Å². The maximum Gasteiger partial charge on any atom is 0.227 e. The molecule has 0 fully saturated rings. The average Bonchev–Trinajstić information content (AvgIpc) is 2.91. The highest BCUT2D eigenvalue weighted by molar-refractivity contribution is 6.31. The van der Waals surface area contributed by atoms with Crippen LogP contribution in [0.3, 0.4) is 0 Å². The summed E-state index contributed by atoms with van der Waals surface area (Å²) in [5.41, 5.74) is 0.0564. The van der Waals surface area contributed by atoms with Crippen molar-refractivity contribution < 1.29 is 13.7 Å². The minimum atomic E-state index is -0.646. The van der Waals surface area contributed by atoms with E-state index in [-0.39, 0.29) is 29.0 Å². The largest absolute Gasteiger partial charge is 0.339 e. The molecule has 0 saturated carbocycles. The van der Waals surface area contributed by atoms with Crippen LogP contribution in [0.1, 0.15) is 37.9 Å². The van der Waals surface area contributed by atoms with Crippen molar-refractivity contribution in [3.05, 3.63) is 40.8 Å². The zero-order valence-corrected chi connectivity index (χ0v) is 12.4. The number of amides is 1. The monoisotopic (exact) mass is 311 g/mol. The van der Waals surface area contributed by atoms with Gasteiger partial charge in [0.2, 0.25) is 11.8 Å². The number of hydrogen-bond donors (Lipinski definition) is 1. The first kappa shape index (κ1) is 15.4. The quantitative estimate of drug-likeness (QED) is 0.916. The Morgan fingerprint density at radius 1 is 1.48 bits per heavy atom. The molecule has 0 saturated heterocycles. The number of carbonyl (C=O) groups is 1. The molecular weight excluding hydrogens is 297 g/mol. The number of carbonyl (C=O) groups excluding carboxylic acids is 1. The molecule has 1 heterocycles. The lowest BCUT2D eigenvalue weighted by molar-refractivity contribution is -0.116. The minimum absolute atomic E-state index is 0.0359. The molecule has 0 aliphatic carbocycles. The molecule has 0 spiro atoms. The summed E-state index contributed by atoms with van der Waals surface area (Å²) in [6, 6.07) is 4.43. The van der Waals surface area contributed by atoms with Gasteiger partial charge >= 0.3 is 0 Å². The van der Waals surface area contributed by atoms with E-state index in [2.05, 4.69) is 15.5 Å². The smallest absolute Gasteiger partial charge is 0.227 e. The van der Waals surface area contributed by atoms with E-state index in [4.69, 9.17) is 16.1 Å². The van der Waals surface area contributed by atoms with Crippen molar-refractivity contribution in [3.8, 4) is 0 Å². The van der Waals surface area contributed by atoms with Gasteiger partial charge in [-0.3, -0.25) is 4.79 Å². The van der Waals surface area contributed by atoms with Crippen molar-refractivity contribution in [2.24, 2.45) is 0 Å². The molecule has 21 heavy (non-hydrogen) atoms. The summed E-state index contributed by atoms with van der Waals surface area (Å²) < 4.78 is 18.7. The molecule has 7 heteroatoms.